The fourth-order valence-electron chi connectivity index (χ4n) is 1.12. The average Bonchev–Trinajstić information content (AvgIpc) is 2.47. The van der Waals surface area contributed by atoms with Crippen molar-refractivity contribution >= 4 is 17.9 Å². The summed E-state index contributed by atoms with van der Waals surface area (Å²) in [6.45, 7) is 4.87. The maximum absolute atomic E-state index is 10.5. The first-order valence-electron chi connectivity index (χ1n) is 5.90. The predicted molar refractivity (Wildman–Crippen MR) is 72.9 cm³/mol. The summed E-state index contributed by atoms with van der Waals surface area (Å²) in [6.07, 6.45) is 0.425. The zero-order chi connectivity index (χ0) is 16.4. The number of aliphatic hydroxyl groups is 1. The summed E-state index contributed by atoms with van der Waals surface area (Å²) in [5.74, 6) is -3.05. The van der Waals surface area contributed by atoms with Crippen molar-refractivity contribution in [2.75, 3.05) is 0 Å². The number of benzene rings is 1. The molecular formula is C14H16O7. The van der Waals surface area contributed by atoms with E-state index in [-0.39, 0.29) is 11.1 Å². The summed E-state index contributed by atoms with van der Waals surface area (Å²) >= 11 is 0. The molecule has 1 aromatic carbocycles. The summed E-state index contributed by atoms with van der Waals surface area (Å²) < 4.78 is 4.35. The number of hydrogen-bond donors (Lipinski definition) is 3. The van der Waals surface area contributed by atoms with Crippen LogP contribution in [0.15, 0.2) is 36.9 Å². The molecule has 0 fully saturated rings. The van der Waals surface area contributed by atoms with Gasteiger partial charge in [-0.3, -0.25) is 0 Å². The van der Waals surface area contributed by atoms with Crippen molar-refractivity contribution in [1.29, 1.82) is 0 Å². The Labute approximate surface area is 121 Å². The van der Waals surface area contributed by atoms with E-state index in [0.29, 0.717) is 6.42 Å². The van der Waals surface area contributed by atoms with Crippen LogP contribution >= 0.6 is 0 Å². The second-order valence-electron chi connectivity index (χ2n) is 3.66. The van der Waals surface area contributed by atoms with Gasteiger partial charge in [0.1, 0.15) is 0 Å². The molecule has 0 spiro atoms. The highest BCUT2D eigenvalue weighted by atomic mass is 16.6. The van der Waals surface area contributed by atoms with Gasteiger partial charge >= 0.3 is 17.9 Å². The SMILES string of the molecule is C=CC(=O)OC(O)CC.O=C(O)c1ccccc1C(=O)O. The largest absolute Gasteiger partial charge is 0.478 e. The maximum Gasteiger partial charge on any atom is 0.336 e. The van der Waals surface area contributed by atoms with Crippen LogP contribution in [-0.4, -0.2) is 39.5 Å². The van der Waals surface area contributed by atoms with Crippen molar-refractivity contribution in [3.05, 3.63) is 48.0 Å². The number of carbonyl (C=O) groups excluding carboxylic acids is 1. The third kappa shape index (κ3) is 6.88. The second kappa shape index (κ2) is 9.27. The molecule has 0 aliphatic carbocycles. The van der Waals surface area contributed by atoms with Crippen molar-refractivity contribution in [3.8, 4) is 0 Å². The van der Waals surface area contributed by atoms with Crippen LogP contribution in [0.3, 0.4) is 0 Å². The van der Waals surface area contributed by atoms with Gasteiger partial charge in [0.2, 0.25) is 6.29 Å². The smallest absolute Gasteiger partial charge is 0.336 e. The van der Waals surface area contributed by atoms with E-state index >= 15 is 0 Å². The standard InChI is InChI=1S/C8H6O4.C6H10O3/c9-7(10)5-3-1-2-4-6(5)8(11)12;1-3-5(7)9-6(8)4-2/h1-4H,(H,9,10)(H,11,12);3,6,8H,1,4H2,2H3. The molecular weight excluding hydrogens is 280 g/mol. The fraction of sp³-hybridized carbons (Fsp3) is 0.214. The summed E-state index contributed by atoms with van der Waals surface area (Å²) in [5.41, 5.74) is -0.380. The molecule has 1 rings (SSSR count). The predicted octanol–water partition coefficient (Wildman–Crippen LogP) is 1.53. The van der Waals surface area contributed by atoms with Gasteiger partial charge in [-0.25, -0.2) is 14.4 Å². The number of hydrogen-bond acceptors (Lipinski definition) is 5. The van der Waals surface area contributed by atoms with Gasteiger partial charge < -0.3 is 20.1 Å². The molecule has 7 nitrogen and oxygen atoms in total. The highest BCUT2D eigenvalue weighted by Gasteiger charge is 2.13. The first-order chi connectivity index (χ1) is 9.83. The van der Waals surface area contributed by atoms with Gasteiger partial charge in [-0.2, -0.15) is 0 Å². The third-order valence-electron chi connectivity index (χ3n) is 2.16. The topological polar surface area (TPSA) is 121 Å². The number of esters is 1. The van der Waals surface area contributed by atoms with Crippen LogP contribution in [0.4, 0.5) is 0 Å². The van der Waals surface area contributed by atoms with Gasteiger partial charge in [-0.1, -0.05) is 25.6 Å². The van der Waals surface area contributed by atoms with E-state index in [2.05, 4.69) is 11.3 Å². The van der Waals surface area contributed by atoms with E-state index in [9.17, 15) is 14.4 Å². The van der Waals surface area contributed by atoms with Gasteiger partial charge in [-0.05, 0) is 12.1 Å². The Hall–Kier alpha value is -2.67. The molecule has 0 aliphatic rings. The minimum atomic E-state index is -1.23. The number of aliphatic hydroxyl groups excluding tert-OH is 1. The molecule has 1 aromatic rings. The molecule has 1 unspecified atom stereocenters. The van der Waals surface area contributed by atoms with Crippen LogP contribution in [0.1, 0.15) is 34.1 Å². The molecule has 0 saturated heterocycles. The fourth-order valence-corrected chi connectivity index (χ4v) is 1.12. The number of aromatic carboxylic acids is 2. The van der Waals surface area contributed by atoms with Gasteiger partial charge in [0.05, 0.1) is 11.1 Å². The molecule has 1 atom stereocenters. The molecule has 114 valence electrons. The Kier molecular flexibility index (Phi) is 8.09. The van der Waals surface area contributed by atoms with Crippen LogP contribution in [-0.2, 0) is 9.53 Å². The number of rotatable bonds is 5. The lowest BCUT2D eigenvalue weighted by atomic mass is 10.1. The lowest BCUT2D eigenvalue weighted by Crippen LogP contribution is -2.14. The van der Waals surface area contributed by atoms with Crippen LogP contribution < -0.4 is 0 Å². The minimum Gasteiger partial charge on any atom is -0.478 e. The van der Waals surface area contributed by atoms with Crippen molar-refractivity contribution in [2.45, 2.75) is 19.6 Å². The van der Waals surface area contributed by atoms with Crippen LogP contribution in [0.2, 0.25) is 0 Å². The average molecular weight is 296 g/mol. The van der Waals surface area contributed by atoms with Gasteiger partial charge in [-0.15, -0.1) is 0 Å². The number of ether oxygens (including phenoxy) is 1. The summed E-state index contributed by atoms with van der Waals surface area (Å²) in [5, 5.41) is 25.8. The lowest BCUT2D eigenvalue weighted by molar-refractivity contribution is -0.161. The molecule has 0 aliphatic heterocycles. The Bertz CT molecular complexity index is 489. The van der Waals surface area contributed by atoms with E-state index < -0.39 is 24.2 Å². The number of carboxylic acids is 2. The van der Waals surface area contributed by atoms with Gasteiger partial charge in [0, 0.05) is 12.5 Å². The highest BCUT2D eigenvalue weighted by Crippen LogP contribution is 2.07. The monoisotopic (exact) mass is 296 g/mol. The second-order valence-corrected chi connectivity index (χ2v) is 3.66. The molecule has 3 N–H and O–H groups in total. The molecule has 0 heterocycles. The molecule has 0 amide bonds. The Morgan fingerprint density at radius 3 is 1.90 bits per heavy atom. The molecule has 0 radical (unpaired) electrons. The van der Waals surface area contributed by atoms with Crippen molar-refractivity contribution in [3.63, 3.8) is 0 Å². The van der Waals surface area contributed by atoms with Crippen LogP contribution in [0, 0.1) is 0 Å². The maximum atomic E-state index is 10.5. The molecule has 0 saturated carbocycles. The molecule has 21 heavy (non-hydrogen) atoms. The summed E-state index contributed by atoms with van der Waals surface area (Å²) in [6, 6.07) is 5.48. The van der Waals surface area contributed by atoms with E-state index in [1.165, 1.54) is 24.3 Å². The minimum absolute atomic E-state index is 0.190. The van der Waals surface area contributed by atoms with E-state index in [0.717, 1.165) is 6.08 Å². The first kappa shape index (κ1) is 18.3. The van der Waals surface area contributed by atoms with Gasteiger partial charge in [0.25, 0.3) is 0 Å². The number of carbonyl (C=O) groups is 3. The summed E-state index contributed by atoms with van der Waals surface area (Å²) in [7, 11) is 0. The zero-order valence-corrected chi connectivity index (χ0v) is 11.4. The molecule has 0 bridgehead atoms. The lowest BCUT2D eigenvalue weighted by Gasteiger charge is -2.05. The Morgan fingerprint density at radius 1 is 1.19 bits per heavy atom. The van der Waals surface area contributed by atoms with Crippen LogP contribution in [0.25, 0.3) is 0 Å². The van der Waals surface area contributed by atoms with E-state index in [1.807, 2.05) is 0 Å². The summed E-state index contributed by atoms with van der Waals surface area (Å²) in [4.78, 5) is 31.2. The zero-order valence-electron chi connectivity index (χ0n) is 11.4. The third-order valence-corrected chi connectivity index (χ3v) is 2.16. The van der Waals surface area contributed by atoms with Crippen molar-refractivity contribution in [2.24, 2.45) is 0 Å². The first-order valence-corrected chi connectivity index (χ1v) is 5.90. The van der Waals surface area contributed by atoms with Crippen molar-refractivity contribution in [1.82, 2.24) is 0 Å². The number of carboxylic acid groups (broad SMARTS) is 2. The van der Waals surface area contributed by atoms with Crippen molar-refractivity contribution < 1.29 is 34.4 Å². The quantitative estimate of drug-likeness (QED) is 0.428. The molecule has 0 aromatic heterocycles. The van der Waals surface area contributed by atoms with Crippen LogP contribution in [0.5, 0.6) is 0 Å². The normalized spacial score (nSPS) is 10.6. The van der Waals surface area contributed by atoms with E-state index in [1.54, 1.807) is 6.92 Å². The highest BCUT2D eigenvalue weighted by molar-refractivity contribution is 6.01. The Balaban J connectivity index is 0.000000400. The molecule has 7 heteroatoms. The Morgan fingerprint density at radius 2 is 1.62 bits per heavy atom. The van der Waals surface area contributed by atoms with Gasteiger partial charge in [0.15, 0.2) is 0 Å². The van der Waals surface area contributed by atoms with E-state index in [4.69, 9.17) is 15.3 Å².